The molecule has 0 amide bonds. The van der Waals surface area contributed by atoms with Crippen molar-refractivity contribution in [3.8, 4) is 23.0 Å². The van der Waals surface area contributed by atoms with E-state index < -0.39 is 0 Å². The summed E-state index contributed by atoms with van der Waals surface area (Å²) in [6.45, 7) is 0. The molecule has 0 atom stereocenters. The van der Waals surface area contributed by atoms with Crippen LogP contribution >= 0.6 is 11.8 Å². The standard InChI is InChI=1S/C14H15N7OS/c1-16-13-19-12(20-21-13)8-3-5-9(6-4-8)22-11-7-10(15)17-14(18-11)23-2/h3-7H,1-2H3,(H2,15,17,18)(H2,16,19,20,21). The number of rotatable bonds is 5. The first-order valence-electron chi connectivity index (χ1n) is 6.75. The van der Waals surface area contributed by atoms with Gasteiger partial charge < -0.3 is 15.8 Å². The highest BCUT2D eigenvalue weighted by molar-refractivity contribution is 7.98. The molecule has 0 aliphatic heterocycles. The van der Waals surface area contributed by atoms with Crippen LogP contribution in [0.1, 0.15) is 0 Å². The Balaban J connectivity index is 1.78. The topological polar surface area (TPSA) is 115 Å². The van der Waals surface area contributed by atoms with Crippen LogP contribution in [0.3, 0.4) is 0 Å². The number of nitrogens with zero attached hydrogens (tertiary/aromatic N) is 4. The molecule has 0 spiro atoms. The number of nitrogens with two attached hydrogens (primary N) is 1. The molecule has 3 aromatic rings. The first-order chi connectivity index (χ1) is 11.2. The van der Waals surface area contributed by atoms with Gasteiger partial charge in [0.05, 0.1) is 0 Å². The van der Waals surface area contributed by atoms with E-state index in [2.05, 4.69) is 30.5 Å². The number of aromatic amines is 1. The highest BCUT2D eigenvalue weighted by Crippen LogP contribution is 2.25. The maximum Gasteiger partial charge on any atom is 0.242 e. The van der Waals surface area contributed by atoms with Crippen molar-refractivity contribution < 1.29 is 4.74 Å². The minimum Gasteiger partial charge on any atom is -0.439 e. The summed E-state index contributed by atoms with van der Waals surface area (Å²) in [5.74, 6) is 2.65. The van der Waals surface area contributed by atoms with Crippen LogP contribution in [0.15, 0.2) is 35.5 Å². The monoisotopic (exact) mass is 329 g/mol. The minimum atomic E-state index is 0.372. The van der Waals surface area contributed by atoms with Gasteiger partial charge in [0.25, 0.3) is 0 Å². The fourth-order valence-electron chi connectivity index (χ4n) is 1.87. The fourth-order valence-corrected chi connectivity index (χ4v) is 2.25. The van der Waals surface area contributed by atoms with Gasteiger partial charge in [0, 0.05) is 18.7 Å². The zero-order chi connectivity index (χ0) is 16.2. The number of thioether (sulfide) groups is 1. The number of nitrogens with one attached hydrogen (secondary N) is 2. The van der Waals surface area contributed by atoms with E-state index in [-0.39, 0.29) is 0 Å². The summed E-state index contributed by atoms with van der Waals surface area (Å²) in [5, 5.41) is 10.3. The molecular weight excluding hydrogens is 314 g/mol. The number of benzene rings is 1. The zero-order valence-corrected chi connectivity index (χ0v) is 13.4. The predicted octanol–water partition coefficient (Wildman–Crippen LogP) is 2.40. The maximum atomic E-state index is 5.73. The Morgan fingerprint density at radius 1 is 1.17 bits per heavy atom. The molecule has 0 bridgehead atoms. The summed E-state index contributed by atoms with van der Waals surface area (Å²) in [6.07, 6.45) is 1.88. The van der Waals surface area contributed by atoms with Crippen molar-refractivity contribution >= 4 is 23.5 Å². The summed E-state index contributed by atoms with van der Waals surface area (Å²) < 4.78 is 5.72. The Bertz CT molecular complexity index is 803. The average Bonchev–Trinajstić information content (AvgIpc) is 3.04. The van der Waals surface area contributed by atoms with Crippen LogP contribution in [0.4, 0.5) is 11.8 Å². The lowest BCUT2D eigenvalue weighted by atomic mass is 10.2. The first kappa shape index (κ1) is 15.1. The number of H-pyrrole nitrogens is 1. The van der Waals surface area contributed by atoms with Gasteiger partial charge in [0.2, 0.25) is 11.8 Å². The lowest BCUT2D eigenvalue weighted by Gasteiger charge is -2.07. The van der Waals surface area contributed by atoms with E-state index in [1.54, 1.807) is 13.1 Å². The summed E-state index contributed by atoms with van der Waals surface area (Å²) in [4.78, 5) is 12.6. The maximum absolute atomic E-state index is 5.73. The summed E-state index contributed by atoms with van der Waals surface area (Å²) in [5.41, 5.74) is 6.64. The molecule has 4 N–H and O–H groups in total. The van der Waals surface area contributed by atoms with E-state index in [4.69, 9.17) is 10.5 Å². The van der Waals surface area contributed by atoms with Crippen LogP contribution in [-0.2, 0) is 0 Å². The van der Waals surface area contributed by atoms with Crippen molar-refractivity contribution in [1.29, 1.82) is 0 Å². The van der Waals surface area contributed by atoms with Gasteiger partial charge in [-0.25, -0.2) is 4.98 Å². The number of nitrogen functional groups attached to an aromatic ring is 1. The van der Waals surface area contributed by atoms with Crippen LogP contribution in [-0.4, -0.2) is 38.5 Å². The van der Waals surface area contributed by atoms with Crippen molar-refractivity contribution in [2.24, 2.45) is 0 Å². The molecule has 0 fully saturated rings. The molecule has 2 heterocycles. The second-order valence-corrected chi connectivity index (χ2v) is 5.28. The minimum absolute atomic E-state index is 0.372. The lowest BCUT2D eigenvalue weighted by molar-refractivity contribution is 0.456. The van der Waals surface area contributed by atoms with E-state index in [0.29, 0.717) is 34.4 Å². The highest BCUT2D eigenvalue weighted by Gasteiger charge is 2.07. The number of hydrogen-bond acceptors (Lipinski definition) is 8. The Morgan fingerprint density at radius 2 is 1.96 bits per heavy atom. The molecule has 0 unspecified atom stereocenters. The Kier molecular flexibility index (Phi) is 4.29. The van der Waals surface area contributed by atoms with Crippen LogP contribution < -0.4 is 15.8 Å². The van der Waals surface area contributed by atoms with Crippen molar-refractivity contribution in [3.05, 3.63) is 30.3 Å². The van der Waals surface area contributed by atoms with E-state index in [0.717, 1.165) is 5.56 Å². The molecule has 1 aromatic carbocycles. The second-order valence-electron chi connectivity index (χ2n) is 4.50. The molecule has 8 nitrogen and oxygen atoms in total. The van der Waals surface area contributed by atoms with Gasteiger partial charge in [-0.05, 0) is 30.5 Å². The molecule has 3 rings (SSSR count). The van der Waals surface area contributed by atoms with Crippen molar-refractivity contribution in [3.63, 3.8) is 0 Å². The van der Waals surface area contributed by atoms with Crippen LogP contribution in [0.25, 0.3) is 11.4 Å². The largest absolute Gasteiger partial charge is 0.439 e. The molecule has 2 aromatic heterocycles. The third-order valence-corrected chi connectivity index (χ3v) is 3.49. The van der Waals surface area contributed by atoms with Gasteiger partial charge in [-0.15, -0.1) is 5.10 Å². The normalized spacial score (nSPS) is 10.5. The molecule has 0 aliphatic carbocycles. The van der Waals surface area contributed by atoms with Crippen molar-refractivity contribution in [2.45, 2.75) is 5.16 Å². The molecule has 118 valence electrons. The first-order valence-corrected chi connectivity index (χ1v) is 7.97. The van der Waals surface area contributed by atoms with E-state index in [1.807, 2.05) is 30.5 Å². The molecule has 0 saturated heterocycles. The summed E-state index contributed by atoms with van der Waals surface area (Å²) in [6, 6.07) is 9.01. The lowest BCUT2D eigenvalue weighted by Crippen LogP contribution is -1.97. The Hall–Kier alpha value is -2.81. The Labute approximate surface area is 136 Å². The van der Waals surface area contributed by atoms with E-state index in [9.17, 15) is 0 Å². The molecule has 23 heavy (non-hydrogen) atoms. The van der Waals surface area contributed by atoms with Crippen LogP contribution in [0.5, 0.6) is 11.6 Å². The summed E-state index contributed by atoms with van der Waals surface area (Å²) in [7, 11) is 1.76. The highest BCUT2D eigenvalue weighted by atomic mass is 32.2. The predicted molar refractivity (Wildman–Crippen MR) is 89.7 cm³/mol. The number of ether oxygens (including phenoxy) is 1. The SMILES string of the molecule is CNc1n[nH]c(-c2ccc(Oc3cc(N)nc(SC)n3)cc2)n1. The number of anilines is 2. The second kappa shape index (κ2) is 6.53. The van der Waals surface area contributed by atoms with Gasteiger partial charge in [0.1, 0.15) is 11.6 Å². The smallest absolute Gasteiger partial charge is 0.242 e. The third-order valence-electron chi connectivity index (χ3n) is 2.94. The average molecular weight is 329 g/mol. The molecule has 0 aliphatic rings. The Morgan fingerprint density at radius 3 is 2.61 bits per heavy atom. The third kappa shape index (κ3) is 3.51. The molecule has 9 heteroatoms. The summed E-state index contributed by atoms with van der Waals surface area (Å²) >= 11 is 1.40. The van der Waals surface area contributed by atoms with Crippen LogP contribution in [0.2, 0.25) is 0 Å². The number of aromatic nitrogens is 5. The van der Waals surface area contributed by atoms with E-state index >= 15 is 0 Å². The molecular formula is C14H15N7OS. The van der Waals surface area contributed by atoms with Gasteiger partial charge >= 0.3 is 0 Å². The van der Waals surface area contributed by atoms with Gasteiger partial charge in [-0.2, -0.15) is 9.97 Å². The number of hydrogen-bond donors (Lipinski definition) is 3. The van der Waals surface area contributed by atoms with Gasteiger partial charge in [-0.3, -0.25) is 5.10 Å². The molecule has 0 saturated carbocycles. The fraction of sp³-hybridized carbons (Fsp3) is 0.143. The quantitative estimate of drug-likeness (QED) is 0.483. The van der Waals surface area contributed by atoms with E-state index in [1.165, 1.54) is 11.8 Å². The van der Waals surface area contributed by atoms with Gasteiger partial charge in [-0.1, -0.05) is 11.8 Å². The van der Waals surface area contributed by atoms with Crippen molar-refractivity contribution in [2.75, 3.05) is 24.4 Å². The van der Waals surface area contributed by atoms with Gasteiger partial charge in [0.15, 0.2) is 11.0 Å². The zero-order valence-electron chi connectivity index (χ0n) is 12.6. The van der Waals surface area contributed by atoms with Crippen LogP contribution in [0, 0.1) is 0 Å². The molecule has 0 radical (unpaired) electrons. The van der Waals surface area contributed by atoms with Crippen molar-refractivity contribution in [1.82, 2.24) is 25.1 Å².